The van der Waals surface area contributed by atoms with E-state index in [1.54, 1.807) is 6.92 Å². The van der Waals surface area contributed by atoms with E-state index in [-0.39, 0.29) is 29.6 Å². The highest BCUT2D eigenvalue weighted by Gasteiger charge is 2.72. The Morgan fingerprint density at radius 1 is 0.500 bits per heavy atom. The van der Waals surface area contributed by atoms with Crippen LogP contribution in [0.1, 0.15) is 99.3 Å². The van der Waals surface area contributed by atoms with Crippen molar-refractivity contribution in [2.75, 3.05) is 39.6 Å². The molecule has 4 saturated carbocycles. The number of fused-ring (bicyclic) bond motifs is 7. The van der Waals surface area contributed by atoms with Crippen molar-refractivity contribution in [2.24, 2.45) is 50.2 Å². The van der Waals surface area contributed by atoms with Crippen molar-refractivity contribution in [1.29, 1.82) is 0 Å². The molecular weight excluding hydrogens is 1170 g/mol. The van der Waals surface area contributed by atoms with Crippen LogP contribution < -0.4 is 0 Å². The Bertz CT molecular complexity index is 2440. The van der Waals surface area contributed by atoms with E-state index in [0.29, 0.717) is 51.4 Å². The molecule has 10 aliphatic rings. The van der Waals surface area contributed by atoms with Crippen LogP contribution in [0.5, 0.6) is 0 Å². The summed E-state index contributed by atoms with van der Waals surface area (Å²) in [6.45, 7) is 8.32. The zero-order chi connectivity index (χ0) is 64.3. The lowest BCUT2D eigenvalue weighted by atomic mass is 9.33. The van der Waals surface area contributed by atoms with Gasteiger partial charge in [0.1, 0.15) is 116 Å². The van der Waals surface area contributed by atoms with Gasteiger partial charge in [-0.25, -0.2) is 0 Å². The number of allylic oxidation sites excluding steroid dienone is 2. The molecule has 0 bridgehead atoms. The van der Waals surface area contributed by atoms with Crippen LogP contribution >= 0.6 is 0 Å². The molecule has 34 unspecified atom stereocenters. The molecule has 0 spiro atoms. The summed E-state index contributed by atoms with van der Waals surface area (Å²) in [4.78, 5) is 14.8. The minimum atomic E-state index is -2.14. The van der Waals surface area contributed by atoms with Crippen LogP contribution in [0.15, 0.2) is 11.6 Å². The molecule has 0 radical (unpaired) electrons. The summed E-state index contributed by atoms with van der Waals surface area (Å²) in [7, 11) is 0. The van der Waals surface area contributed by atoms with Gasteiger partial charge in [-0.2, -0.15) is 0 Å². The molecule has 0 aromatic heterocycles. The summed E-state index contributed by atoms with van der Waals surface area (Å²) in [5, 5.41) is 197. The van der Waals surface area contributed by atoms with Crippen LogP contribution in [0.3, 0.4) is 0 Å². The average molecular weight is 1270 g/mol. The number of ether oxygens (including phenoxy) is 10. The van der Waals surface area contributed by atoms with Gasteiger partial charge in [0.25, 0.3) is 0 Å². The molecule has 18 N–H and O–H groups in total. The average Bonchev–Trinajstić information content (AvgIpc) is 0.690. The molecule has 29 heteroatoms. The standard InChI is InChI=1S/C59H96O29/c1-54(2)11-13-59(53(78)88-49-40(74)38(72)34(68)27(17-60)80-49)14-12-57(5)23(24(59)15-54)7-8-32-55(3)16-25(65)47(56(4,22-64)31(55)9-10-58(32,57)6)87-52-43(77)46(37(71)30(20-63)83-52)86-51-42(76)45(36(70)29(19-62)82-51)85-50-41(75)44(35(69)28(18-61)81-50)84-48-39(73)33(67)26(66)21-79-48/h7,24-52,60-77H,8-22H2,1-6H3. The first-order valence-electron chi connectivity index (χ1n) is 31.0. The van der Waals surface area contributed by atoms with Crippen LogP contribution in [0.25, 0.3) is 0 Å². The van der Waals surface area contributed by atoms with Crippen molar-refractivity contribution in [1.82, 2.24) is 0 Å². The summed E-state index contributed by atoms with van der Waals surface area (Å²) < 4.78 is 58.5. The molecule has 5 aliphatic heterocycles. The molecule has 0 aromatic carbocycles. The molecule has 29 nitrogen and oxygen atoms in total. The van der Waals surface area contributed by atoms with Gasteiger partial charge in [-0.15, -0.1) is 0 Å². The zero-order valence-corrected chi connectivity index (χ0v) is 50.5. The van der Waals surface area contributed by atoms with Crippen molar-refractivity contribution in [3.8, 4) is 0 Å². The van der Waals surface area contributed by atoms with Gasteiger partial charge in [0, 0.05) is 5.41 Å². The molecule has 5 heterocycles. The Morgan fingerprint density at radius 3 is 1.50 bits per heavy atom. The highest BCUT2D eigenvalue weighted by molar-refractivity contribution is 5.79. The quantitative estimate of drug-likeness (QED) is 0.0413. The third-order valence-corrected chi connectivity index (χ3v) is 23.2. The smallest absolute Gasteiger partial charge is 0.315 e. The largest absolute Gasteiger partial charge is 0.432 e. The van der Waals surface area contributed by atoms with E-state index in [9.17, 15) is 96.7 Å². The molecule has 0 aromatic rings. The molecule has 0 amide bonds. The van der Waals surface area contributed by atoms with E-state index < -0.39 is 232 Å². The summed E-state index contributed by atoms with van der Waals surface area (Å²) >= 11 is 0. The number of hydrogen-bond acceptors (Lipinski definition) is 29. The van der Waals surface area contributed by atoms with Gasteiger partial charge in [0.05, 0.1) is 57.3 Å². The normalized spacial score (nSPS) is 54.6. The topological polar surface area (TPSA) is 474 Å². The van der Waals surface area contributed by atoms with E-state index in [0.717, 1.165) is 5.57 Å². The molecule has 34 atom stereocenters. The van der Waals surface area contributed by atoms with E-state index in [1.807, 2.05) is 0 Å². The van der Waals surface area contributed by atoms with E-state index in [1.165, 1.54) is 0 Å². The molecule has 5 saturated heterocycles. The van der Waals surface area contributed by atoms with Crippen molar-refractivity contribution < 1.29 is 144 Å². The molecule has 88 heavy (non-hydrogen) atoms. The first kappa shape index (κ1) is 69.0. The fourth-order valence-electron chi connectivity index (χ4n) is 17.9. The Balaban J connectivity index is 0.862. The fourth-order valence-corrected chi connectivity index (χ4v) is 17.9. The predicted molar refractivity (Wildman–Crippen MR) is 292 cm³/mol. The minimum Gasteiger partial charge on any atom is -0.432 e. The highest BCUT2D eigenvalue weighted by atomic mass is 16.8. The second-order valence-corrected chi connectivity index (χ2v) is 28.6. The van der Waals surface area contributed by atoms with Gasteiger partial charge in [-0.05, 0) is 97.2 Å². The van der Waals surface area contributed by atoms with Crippen molar-refractivity contribution >= 4 is 5.97 Å². The van der Waals surface area contributed by atoms with Gasteiger partial charge in [-0.1, -0.05) is 53.2 Å². The zero-order valence-electron chi connectivity index (χ0n) is 50.5. The maximum Gasteiger partial charge on any atom is 0.315 e. The summed E-state index contributed by atoms with van der Waals surface area (Å²) in [5.74, 6) is -1.31. The van der Waals surface area contributed by atoms with Crippen LogP contribution in [-0.4, -0.2) is 297 Å². The number of hydrogen-bond donors (Lipinski definition) is 18. The van der Waals surface area contributed by atoms with E-state index in [2.05, 4.69) is 40.7 Å². The molecule has 5 aliphatic carbocycles. The lowest BCUT2D eigenvalue weighted by Crippen LogP contribution is -2.70. The maximum atomic E-state index is 14.8. The Labute approximate surface area is 509 Å². The van der Waals surface area contributed by atoms with Crippen molar-refractivity contribution in [3.05, 3.63) is 11.6 Å². The number of carbonyl (C=O) groups is 1. The van der Waals surface area contributed by atoms with Crippen LogP contribution in [0.2, 0.25) is 0 Å². The summed E-state index contributed by atoms with van der Waals surface area (Å²) in [5.41, 5.74) is -2.92. The van der Waals surface area contributed by atoms with Gasteiger partial charge >= 0.3 is 5.97 Å². The number of aliphatic hydroxyl groups excluding tert-OH is 18. The number of esters is 1. The fraction of sp³-hybridized carbons (Fsp3) is 0.949. The van der Waals surface area contributed by atoms with Gasteiger partial charge in [0.15, 0.2) is 25.2 Å². The summed E-state index contributed by atoms with van der Waals surface area (Å²) in [6.07, 6.45) is -38.7. The third-order valence-electron chi connectivity index (χ3n) is 23.2. The Kier molecular flexibility index (Phi) is 20.1. The first-order valence-corrected chi connectivity index (χ1v) is 31.0. The highest BCUT2D eigenvalue weighted by Crippen LogP contribution is 2.76. The van der Waals surface area contributed by atoms with Gasteiger partial charge in [-0.3, -0.25) is 4.79 Å². The van der Waals surface area contributed by atoms with Gasteiger partial charge in [0.2, 0.25) is 6.29 Å². The monoisotopic (exact) mass is 1270 g/mol. The third kappa shape index (κ3) is 11.4. The van der Waals surface area contributed by atoms with Gasteiger partial charge < -0.3 is 139 Å². The van der Waals surface area contributed by atoms with Crippen molar-refractivity contribution in [2.45, 2.75) is 259 Å². The Hall–Kier alpha value is -1.87. The number of carbonyl (C=O) groups excluding carboxylic acids is 1. The second kappa shape index (κ2) is 25.7. The molecular formula is C59H96O29. The maximum absolute atomic E-state index is 14.8. The van der Waals surface area contributed by atoms with Crippen LogP contribution in [0, 0.1) is 50.2 Å². The van der Waals surface area contributed by atoms with Crippen molar-refractivity contribution in [3.63, 3.8) is 0 Å². The lowest BCUT2D eigenvalue weighted by molar-refractivity contribution is -0.392. The molecule has 9 fully saturated rings. The number of rotatable bonds is 15. The Morgan fingerprint density at radius 2 is 0.977 bits per heavy atom. The van der Waals surface area contributed by atoms with E-state index >= 15 is 0 Å². The molecule has 506 valence electrons. The summed E-state index contributed by atoms with van der Waals surface area (Å²) in [6, 6.07) is 0. The van der Waals surface area contributed by atoms with E-state index in [4.69, 9.17) is 47.4 Å². The minimum absolute atomic E-state index is 0.0974. The molecule has 10 rings (SSSR count). The second-order valence-electron chi connectivity index (χ2n) is 28.6. The van der Waals surface area contributed by atoms with Crippen LogP contribution in [0.4, 0.5) is 0 Å². The predicted octanol–water partition coefficient (Wildman–Crippen LogP) is -5.63. The first-order chi connectivity index (χ1) is 41.3. The SMILES string of the molecule is CC1(C)CCC2(C(=O)OC3OC(CO)C(O)C(O)C3O)CCC3(C)C(=CCC4C5(C)CC(O)C(OC6OC(CO)C(O)C(OC7OC(CO)C(O)C(OC8OC(CO)C(O)C(OC9OCC(O)C(O)C9O)C8O)C7O)C6O)C(C)(CO)C5CCC43C)C2C1. The lowest BCUT2D eigenvalue weighted by Gasteiger charge is -2.72. The van der Waals surface area contributed by atoms with Crippen LogP contribution in [-0.2, 0) is 52.2 Å². The number of aliphatic hydroxyl groups is 18.